The van der Waals surface area contributed by atoms with Crippen molar-refractivity contribution in [2.45, 2.75) is 25.8 Å². The van der Waals surface area contributed by atoms with Crippen LogP contribution in [0.1, 0.15) is 36.8 Å². The molecule has 84 valence electrons. The van der Waals surface area contributed by atoms with Gasteiger partial charge in [-0.1, -0.05) is 20.8 Å². The summed E-state index contributed by atoms with van der Waals surface area (Å²) >= 11 is 1.38. The summed E-state index contributed by atoms with van der Waals surface area (Å²) in [7, 11) is 0. The maximum absolute atomic E-state index is 12.0. The highest BCUT2D eigenvalue weighted by atomic mass is 32.2. The first kappa shape index (κ1) is 12.7. The van der Waals surface area contributed by atoms with Crippen molar-refractivity contribution >= 4 is 17.5 Å². The van der Waals surface area contributed by atoms with Gasteiger partial charge in [-0.3, -0.25) is 4.79 Å². The normalized spacial score (nSPS) is 10.9. The molecule has 1 heterocycles. The summed E-state index contributed by atoms with van der Waals surface area (Å²) in [5.74, 6) is -0.00714. The van der Waals surface area contributed by atoms with Gasteiger partial charge >= 0.3 is 0 Å². The van der Waals surface area contributed by atoms with Crippen LogP contribution in [-0.2, 0) is 0 Å². The maximum Gasteiger partial charge on any atom is 0.186 e. The molecule has 16 heavy (non-hydrogen) atoms. The van der Waals surface area contributed by atoms with Gasteiger partial charge < -0.3 is 0 Å². The van der Waals surface area contributed by atoms with Crippen LogP contribution in [-0.4, -0.2) is 17.0 Å². The fourth-order valence-electron chi connectivity index (χ4n) is 1.19. The summed E-state index contributed by atoms with van der Waals surface area (Å²) in [4.78, 5) is 16.2. The van der Waals surface area contributed by atoms with Crippen LogP contribution in [0.5, 0.6) is 0 Å². The SMILES string of the molecule is CSc1nc(C(=O)C(C)(C)C)ccc1C#N. The molecule has 0 amide bonds. The summed E-state index contributed by atoms with van der Waals surface area (Å²) in [5, 5.41) is 9.46. The minimum Gasteiger partial charge on any atom is -0.292 e. The summed E-state index contributed by atoms with van der Waals surface area (Å²) in [6, 6.07) is 5.32. The van der Waals surface area contributed by atoms with Gasteiger partial charge in [0.05, 0.1) is 5.56 Å². The van der Waals surface area contributed by atoms with E-state index < -0.39 is 5.41 Å². The number of carbonyl (C=O) groups is 1. The molecule has 3 nitrogen and oxygen atoms in total. The van der Waals surface area contributed by atoms with Gasteiger partial charge in [0, 0.05) is 5.41 Å². The number of hydrogen-bond donors (Lipinski definition) is 0. The van der Waals surface area contributed by atoms with Crippen molar-refractivity contribution in [3.05, 3.63) is 23.4 Å². The van der Waals surface area contributed by atoms with Crippen LogP contribution in [0.2, 0.25) is 0 Å². The zero-order valence-electron chi connectivity index (χ0n) is 9.87. The lowest BCUT2D eigenvalue weighted by atomic mass is 9.89. The average molecular weight is 234 g/mol. The Morgan fingerprint density at radius 2 is 2.06 bits per heavy atom. The van der Waals surface area contributed by atoms with Crippen molar-refractivity contribution in [2.24, 2.45) is 5.41 Å². The lowest BCUT2D eigenvalue weighted by Gasteiger charge is -2.16. The number of Topliss-reactive ketones (excluding diaryl/α,β-unsaturated/α-hetero) is 1. The Balaban J connectivity index is 3.20. The average Bonchev–Trinajstić information content (AvgIpc) is 2.25. The highest BCUT2D eigenvalue weighted by molar-refractivity contribution is 7.98. The molecule has 0 aliphatic rings. The molecule has 0 bridgehead atoms. The molecule has 0 saturated carbocycles. The number of hydrogen-bond acceptors (Lipinski definition) is 4. The maximum atomic E-state index is 12.0. The summed E-state index contributed by atoms with van der Waals surface area (Å²) in [6.45, 7) is 5.57. The number of ketones is 1. The lowest BCUT2D eigenvalue weighted by Crippen LogP contribution is -2.21. The zero-order chi connectivity index (χ0) is 12.3. The van der Waals surface area contributed by atoms with Crippen molar-refractivity contribution in [1.29, 1.82) is 5.26 Å². The van der Waals surface area contributed by atoms with E-state index >= 15 is 0 Å². The van der Waals surface area contributed by atoms with Crippen molar-refractivity contribution in [1.82, 2.24) is 4.98 Å². The minimum absolute atomic E-state index is 0.00714. The Hall–Kier alpha value is -1.34. The Morgan fingerprint density at radius 3 is 2.50 bits per heavy atom. The van der Waals surface area contributed by atoms with E-state index in [9.17, 15) is 4.79 Å². The third-order valence-electron chi connectivity index (χ3n) is 2.09. The number of nitrogens with zero attached hydrogens (tertiary/aromatic N) is 2. The molecule has 1 aromatic heterocycles. The van der Waals surface area contributed by atoms with Gasteiger partial charge in [-0.15, -0.1) is 11.8 Å². The highest BCUT2D eigenvalue weighted by Gasteiger charge is 2.24. The molecule has 0 unspecified atom stereocenters. The van der Waals surface area contributed by atoms with E-state index in [1.54, 1.807) is 12.1 Å². The van der Waals surface area contributed by atoms with Crippen LogP contribution in [0.15, 0.2) is 17.2 Å². The molecule has 0 fully saturated rings. The largest absolute Gasteiger partial charge is 0.292 e. The Bertz CT molecular complexity index is 455. The van der Waals surface area contributed by atoms with E-state index in [-0.39, 0.29) is 5.78 Å². The molecular weight excluding hydrogens is 220 g/mol. The molecule has 0 atom stereocenters. The number of thioether (sulfide) groups is 1. The number of carbonyl (C=O) groups excluding carboxylic acids is 1. The molecule has 1 aromatic rings. The summed E-state index contributed by atoms with van der Waals surface area (Å²) < 4.78 is 0. The fourth-order valence-corrected chi connectivity index (χ4v) is 1.72. The molecular formula is C12H14N2OS. The van der Waals surface area contributed by atoms with Crippen molar-refractivity contribution < 1.29 is 4.79 Å². The standard InChI is InChI=1S/C12H14N2OS/c1-12(2,3)10(15)9-6-5-8(7-13)11(14-9)16-4/h5-6H,1-4H3. The topological polar surface area (TPSA) is 53.8 Å². The second-order valence-electron chi connectivity index (χ2n) is 4.44. The van der Waals surface area contributed by atoms with Crippen LogP contribution in [0.3, 0.4) is 0 Å². The van der Waals surface area contributed by atoms with Gasteiger partial charge in [0.2, 0.25) is 0 Å². The monoisotopic (exact) mass is 234 g/mol. The van der Waals surface area contributed by atoms with Crippen molar-refractivity contribution in [2.75, 3.05) is 6.26 Å². The van der Waals surface area contributed by atoms with Crippen LogP contribution in [0.25, 0.3) is 0 Å². The molecule has 0 aliphatic heterocycles. The van der Waals surface area contributed by atoms with E-state index in [1.807, 2.05) is 27.0 Å². The van der Waals surface area contributed by atoms with Gasteiger partial charge in [0.25, 0.3) is 0 Å². The Morgan fingerprint density at radius 1 is 1.44 bits per heavy atom. The van der Waals surface area contributed by atoms with E-state index in [0.717, 1.165) is 0 Å². The summed E-state index contributed by atoms with van der Waals surface area (Å²) in [5.41, 5.74) is 0.491. The van der Waals surface area contributed by atoms with Gasteiger partial charge in [-0.25, -0.2) is 4.98 Å². The first-order valence-corrected chi connectivity index (χ1v) is 6.12. The van der Waals surface area contributed by atoms with Crippen molar-refractivity contribution in [3.8, 4) is 6.07 Å². The number of nitriles is 1. The molecule has 4 heteroatoms. The van der Waals surface area contributed by atoms with Gasteiger partial charge in [0.1, 0.15) is 16.8 Å². The Labute approximate surface area is 99.9 Å². The lowest BCUT2D eigenvalue weighted by molar-refractivity contribution is 0.0852. The number of aromatic nitrogens is 1. The Kier molecular flexibility index (Phi) is 3.71. The third kappa shape index (κ3) is 2.61. The number of rotatable bonds is 2. The third-order valence-corrected chi connectivity index (χ3v) is 2.79. The van der Waals surface area contributed by atoms with Crippen molar-refractivity contribution in [3.63, 3.8) is 0 Å². The van der Waals surface area contributed by atoms with Crippen LogP contribution in [0, 0.1) is 16.7 Å². The molecule has 0 spiro atoms. The molecule has 1 rings (SSSR count). The second kappa shape index (κ2) is 4.67. The zero-order valence-corrected chi connectivity index (χ0v) is 10.7. The molecule has 0 N–H and O–H groups in total. The van der Waals surface area contributed by atoms with E-state index in [0.29, 0.717) is 16.3 Å². The van der Waals surface area contributed by atoms with Gasteiger partial charge in [-0.05, 0) is 18.4 Å². The quantitative estimate of drug-likeness (QED) is 0.583. The molecule has 0 radical (unpaired) electrons. The molecule has 0 saturated heterocycles. The second-order valence-corrected chi connectivity index (χ2v) is 5.24. The van der Waals surface area contributed by atoms with E-state index in [4.69, 9.17) is 5.26 Å². The van der Waals surface area contributed by atoms with E-state index in [2.05, 4.69) is 11.1 Å². The van der Waals surface area contributed by atoms with Crippen LogP contribution in [0.4, 0.5) is 0 Å². The summed E-state index contributed by atoms with van der Waals surface area (Å²) in [6.07, 6.45) is 1.84. The predicted octanol–water partition coefficient (Wildman–Crippen LogP) is 2.90. The first-order valence-electron chi connectivity index (χ1n) is 4.90. The first-order chi connectivity index (χ1) is 7.40. The van der Waals surface area contributed by atoms with Crippen LogP contribution < -0.4 is 0 Å². The van der Waals surface area contributed by atoms with E-state index in [1.165, 1.54) is 11.8 Å². The minimum atomic E-state index is -0.448. The molecule has 0 aliphatic carbocycles. The number of pyridine rings is 1. The smallest absolute Gasteiger partial charge is 0.186 e. The highest BCUT2D eigenvalue weighted by Crippen LogP contribution is 2.23. The predicted molar refractivity (Wildman–Crippen MR) is 64.5 cm³/mol. The van der Waals surface area contributed by atoms with Gasteiger partial charge in [0.15, 0.2) is 5.78 Å². The fraction of sp³-hybridized carbons (Fsp3) is 0.417. The van der Waals surface area contributed by atoms with Crippen LogP contribution >= 0.6 is 11.8 Å². The molecule has 0 aromatic carbocycles. The van der Waals surface area contributed by atoms with Gasteiger partial charge in [-0.2, -0.15) is 5.26 Å².